The first-order valence-electron chi connectivity index (χ1n) is 3.30. The molecule has 0 saturated carbocycles. The first-order chi connectivity index (χ1) is 4.33. The lowest BCUT2D eigenvalue weighted by atomic mass is 9.97. The van der Waals surface area contributed by atoms with E-state index in [2.05, 4.69) is 31.7 Å². The Balaban J connectivity index is 2.65. The molecule has 9 heavy (non-hydrogen) atoms. The second kappa shape index (κ2) is 2.67. The van der Waals surface area contributed by atoms with Crippen molar-refractivity contribution in [2.75, 3.05) is 0 Å². The molecule has 0 amide bonds. The fraction of sp³-hybridized carbons (Fsp3) is 0.333. The Morgan fingerprint density at radius 3 is 3.00 bits per heavy atom. The van der Waals surface area contributed by atoms with E-state index in [0.717, 1.165) is 6.42 Å². The van der Waals surface area contributed by atoms with Crippen LogP contribution in [-0.2, 0) is 0 Å². The minimum atomic E-state index is 0.579. The molecular weight excluding hydrogens is 108 g/mol. The van der Waals surface area contributed by atoms with Crippen molar-refractivity contribution in [3.63, 3.8) is 0 Å². The molecule has 0 heteroatoms. The van der Waals surface area contributed by atoms with Gasteiger partial charge in [-0.25, -0.2) is 0 Å². The topological polar surface area (TPSA) is 0 Å². The standard InChI is InChI=1S/C9H12/c1-3-9-6-4-5-8(2)7-9/h3-5,7,9H,1,6H2,2H3. The molecule has 0 radical (unpaired) electrons. The molecular formula is C9H12. The lowest BCUT2D eigenvalue weighted by Gasteiger charge is -2.08. The minimum Gasteiger partial charge on any atom is -0.102 e. The fourth-order valence-corrected chi connectivity index (χ4v) is 1.04. The largest absolute Gasteiger partial charge is 0.102 e. The second-order valence-electron chi connectivity index (χ2n) is 2.45. The van der Waals surface area contributed by atoms with Crippen LogP contribution in [0.15, 0.2) is 36.5 Å². The van der Waals surface area contributed by atoms with Gasteiger partial charge in [0.25, 0.3) is 0 Å². The minimum absolute atomic E-state index is 0.579. The van der Waals surface area contributed by atoms with Gasteiger partial charge in [-0.1, -0.05) is 29.9 Å². The summed E-state index contributed by atoms with van der Waals surface area (Å²) in [6, 6.07) is 0. The Morgan fingerprint density at radius 1 is 1.78 bits per heavy atom. The predicted molar refractivity (Wildman–Crippen MR) is 41.2 cm³/mol. The van der Waals surface area contributed by atoms with Crippen LogP contribution in [0.2, 0.25) is 0 Å². The molecule has 0 nitrogen and oxygen atoms in total. The lowest BCUT2D eigenvalue weighted by molar-refractivity contribution is 0.814. The van der Waals surface area contributed by atoms with Gasteiger partial charge < -0.3 is 0 Å². The van der Waals surface area contributed by atoms with Crippen LogP contribution in [0.25, 0.3) is 0 Å². The normalized spacial score (nSPS) is 25.4. The Morgan fingerprint density at radius 2 is 2.56 bits per heavy atom. The van der Waals surface area contributed by atoms with E-state index < -0.39 is 0 Å². The van der Waals surface area contributed by atoms with E-state index in [4.69, 9.17) is 0 Å². The van der Waals surface area contributed by atoms with Crippen molar-refractivity contribution in [2.24, 2.45) is 5.92 Å². The van der Waals surface area contributed by atoms with Crippen molar-refractivity contribution in [2.45, 2.75) is 13.3 Å². The first kappa shape index (κ1) is 6.34. The molecule has 0 saturated heterocycles. The van der Waals surface area contributed by atoms with E-state index in [9.17, 15) is 0 Å². The Kier molecular flexibility index (Phi) is 1.88. The highest BCUT2D eigenvalue weighted by molar-refractivity contribution is 5.23. The van der Waals surface area contributed by atoms with Crippen LogP contribution in [0.3, 0.4) is 0 Å². The van der Waals surface area contributed by atoms with Crippen molar-refractivity contribution in [3.05, 3.63) is 36.5 Å². The molecule has 0 aromatic carbocycles. The van der Waals surface area contributed by atoms with Crippen LogP contribution in [0.1, 0.15) is 13.3 Å². The molecule has 1 unspecified atom stereocenters. The fourth-order valence-electron chi connectivity index (χ4n) is 1.04. The van der Waals surface area contributed by atoms with Crippen LogP contribution in [0.5, 0.6) is 0 Å². The molecule has 0 spiro atoms. The third-order valence-corrected chi connectivity index (χ3v) is 1.57. The lowest BCUT2D eigenvalue weighted by Crippen LogP contribution is -1.93. The van der Waals surface area contributed by atoms with Crippen LogP contribution >= 0.6 is 0 Å². The van der Waals surface area contributed by atoms with E-state index in [1.807, 2.05) is 6.08 Å². The molecule has 48 valence electrons. The molecule has 0 aromatic heterocycles. The molecule has 0 bridgehead atoms. The predicted octanol–water partition coefficient (Wildman–Crippen LogP) is 2.69. The quantitative estimate of drug-likeness (QED) is 0.467. The van der Waals surface area contributed by atoms with Crippen LogP contribution in [0, 0.1) is 5.92 Å². The Hall–Kier alpha value is -0.780. The summed E-state index contributed by atoms with van der Waals surface area (Å²) in [5.74, 6) is 0.579. The summed E-state index contributed by atoms with van der Waals surface area (Å²) in [4.78, 5) is 0. The SMILES string of the molecule is C=CC1C=C(C)C=CC1. The Bertz CT molecular complexity index is 161. The van der Waals surface area contributed by atoms with Gasteiger partial charge in [-0.2, -0.15) is 0 Å². The first-order valence-corrected chi connectivity index (χ1v) is 3.30. The van der Waals surface area contributed by atoms with Crippen LogP contribution in [-0.4, -0.2) is 0 Å². The van der Waals surface area contributed by atoms with E-state index in [1.54, 1.807) is 0 Å². The maximum atomic E-state index is 3.74. The summed E-state index contributed by atoms with van der Waals surface area (Å²) >= 11 is 0. The monoisotopic (exact) mass is 120 g/mol. The third-order valence-electron chi connectivity index (χ3n) is 1.57. The van der Waals surface area contributed by atoms with Crippen molar-refractivity contribution in [3.8, 4) is 0 Å². The van der Waals surface area contributed by atoms with Crippen molar-refractivity contribution < 1.29 is 0 Å². The van der Waals surface area contributed by atoms with Crippen molar-refractivity contribution in [1.29, 1.82) is 0 Å². The molecule has 1 atom stereocenters. The Labute approximate surface area is 56.6 Å². The highest BCUT2D eigenvalue weighted by Crippen LogP contribution is 2.16. The van der Waals surface area contributed by atoms with Gasteiger partial charge in [0.15, 0.2) is 0 Å². The van der Waals surface area contributed by atoms with E-state index in [1.165, 1.54) is 5.57 Å². The van der Waals surface area contributed by atoms with Gasteiger partial charge in [0.1, 0.15) is 0 Å². The van der Waals surface area contributed by atoms with Gasteiger partial charge in [-0.15, -0.1) is 6.58 Å². The highest BCUT2D eigenvalue weighted by atomic mass is 14.1. The molecule has 0 aromatic rings. The molecule has 1 aliphatic rings. The zero-order valence-corrected chi connectivity index (χ0v) is 5.80. The summed E-state index contributed by atoms with van der Waals surface area (Å²) < 4.78 is 0. The maximum Gasteiger partial charge on any atom is -0.00158 e. The van der Waals surface area contributed by atoms with Gasteiger partial charge in [0.2, 0.25) is 0 Å². The summed E-state index contributed by atoms with van der Waals surface area (Å²) in [7, 11) is 0. The molecule has 1 aliphatic carbocycles. The average molecular weight is 120 g/mol. The molecule has 1 rings (SSSR count). The van der Waals surface area contributed by atoms with Crippen molar-refractivity contribution in [1.82, 2.24) is 0 Å². The van der Waals surface area contributed by atoms with Gasteiger partial charge in [-0.05, 0) is 19.3 Å². The number of allylic oxidation sites excluding steroid dienone is 5. The number of hydrogen-bond acceptors (Lipinski definition) is 0. The summed E-state index contributed by atoms with van der Waals surface area (Å²) in [6.07, 6.45) is 9.71. The zero-order chi connectivity index (χ0) is 6.69. The smallest absolute Gasteiger partial charge is 0.00158 e. The van der Waals surface area contributed by atoms with Crippen LogP contribution < -0.4 is 0 Å². The molecule has 0 N–H and O–H groups in total. The zero-order valence-electron chi connectivity index (χ0n) is 5.80. The van der Waals surface area contributed by atoms with Gasteiger partial charge in [0, 0.05) is 0 Å². The molecule has 0 heterocycles. The van der Waals surface area contributed by atoms with Crippen molar-refractivity contribution >= 4 is 0 Å². The summed E-state index contributed by atoms with van der Waals surface area (Å²) in [5, 5.41) is 0. The van der Waals surface area contributed by atoms with Gasteiger partial charge in [-0.3, -0.25) is 0 Å². The highest BCUT2D eigenvalue weighted by Gasteiger charge is 2.00. The van der Waals surface area contributed by atoms with Gasteiger partial charge >= 0.3 is 0 Å². The number of rotatable bonds is 1. The second-order valence-corrected chi connectivity index (χ2v) is 2.45. The van der Waals surface area contributed by atoms with E-state index >= 15 is 0 Å². The third kappa shape index (κ3) is 1.56. The van der Waals surface area contributed by atoms with E-state index in [0.29, 0.717) is 5.92 Å². The number of hydrogen-bond donors (Lipinski definition) is 0. The molecule has 0 fully saturated rings. The maximum absolute atomic E-state index is 3.74. The van der Waals surface area contributed by atoms with Gasteiger partial charge in [0.05, 0.1) is 0 Å². The summed E-state index contributed by atoms with van der Waals surface area (Å²) in [5.41, 5.74) is 1.35. The molecule has 0 aliphatic heterocycles. The van der Waals surface area contributed by atoms with E-state index in [-0.39, 0.29) is 0 Å². The average Bonchev–Trinajstić information content (AvgIpc) is 1.88. The summed E-state index contributed by atoms with van der Waals surface area (Å²) in [6.45, 7) is 5.86. The van der Waals surface area contributed by atoms with Crippen LogP contribution in [0.4, 0.5) is 0 Å².